The van der Waals surface area contributed by atoms with Gasteiger partial charge in [-0.15, -0.1) is 0 Å². The van der Waals surface area contributed by atoms with Crippen molar-refractivity contribution in [2.24, 2.45) is 0 Å². The molecule has 1 saturated heterocycles. The lowest BCUT2D eigenvalue weighted by Crippen LogP contribution is -2.16. The summed E-state index contributed by atoms with van der Waals surface area (Å²) in [7, 11) is 0. The number of hydrogen-bond donors (Lipinski definition) is 0. The Labute approximate surface area is 64.5 Å². The van der Waals surface area contributed by atoms with E-state index in [1.165, 1.54) is 6.92 Å². The fourth-order valence-electron chi connectivity index (χ4n) is 0.825. The number of carbonyl (C=O) groups excluding carboxylic acids is 2. The molecule has 0 spiro atoms. The smallest absolute Gasteiger partial charge is 0.338 e. The molecule has 0 aliphatic carbocycles. The summed E-state index contributed by atoms with van der Waals surface area (Å²) in [5.41, 5.74) is 0. The van der Waals surface area contributed by atoms with E-state index < -0.39 is 18.2 Å². The summed E-state index contributed by atoms with van der Waals surface area (Å²) in [6, 6.07) is 0. The molecule has 2 unspecified atom stereocenters. The van der Waals surface area contributed by atoms with Crippen LogP contribution in [0.2, 0.25) is 0 Å². The first-order valence-electron chi connectivity index (χ1n) is 3.49. The van der Waals surface area contributed by atoms with Gasteiger partial charge in [0.25, 0.3) is 0 Å². The molecule has 2 atom stereocenters. The van der Waals surface area contributed by atoms with Crippen LogP contribution in [0.1, 0.15) is 13.8 Å². The third-order valence-electron chi connectivity index (χ3n) is 1.41. The predicted molar refractivity (Wildman–Crippen MR) is 36.0 cm³/mol. The molecule has 0 N–H and O–H groups in total. The molecule has 0 bridgehead atoms. The van der Waals surface area contributed by atoms with Crippen molar-refractivity contribution in [3.8, 4) is 0 Å². The first-order valence-corrected chi connectivity index (χ1v) is 3.49. The van der Waals surface area contributed by atoms with E-state index in [2.05, 4.69) is 4.74 Å². The number of ether oxygens (including phenoxy) is 2. The SMILES string of the molecule is CCOC(=O)C1OC1C(C)=O. The van der Waals surface area contributed by atoms with Gasteiger partial charge in [0, 0.05) is 0 Å². The lowest BCUT2D eigenvalue weighted by atomic mass is 10.2. The summed E-state index contributed by atoms with van der Waals surface area (Å²) in [4.78, 5) is 21.4. The Bertz CT molecular complexity index is 187. The maximum atomic E-state index is 10.8. The van der Waals surface area contributed by atoms with Crippen molar-refractivity contribution in [2.45, 2.75) is 26.1 Å². The van der Waals surface area contributed by atoms with Crippen molar-refractivity contribution in [3.63, 3.8) is 0 Å². The summed E-state index contributed by atoms with van der Waals surface area (Å²) < 4.78 is 9.40. The highest BCUT2D eigenvalue weighted by molar-refractivity contribution is 5.92. The van der Waals surface area contributed by atoms with Crippen LogP contribution in [0.3, 0.4) is 0 Å². The van der Waals surface area contributed by atoms with Crippen molar-refractivity contribution < 1.29 is 19.1 Å². The van der Waals surface area contributed by atoms with Gasteiger partial charge in [0.15, 0.2) is 18.0 Å². The predicted octanol–water partition coefficient (Wildman–Crippen LogP) is -0.0941. The van der Waals surface area contributed by atoms with Gasteiger partial charge >= 0.3 is 5.97 Å². The quantitative estimate of drug-likeness (QED) is 0.425. The summed E-state index contributed by atoms with van der Waals surface area (Å²) in [5.74, 6) is -0.559. The molecule has 0 aromatic heterocycles. The van der Waals surface area contributed by atoms with Gasteiger partial charge in [-0.25, -0.2) is 4.79 Å². The average molecular weight is 158 g/mol. The van der Waals surface area contributed by atoms with Crippen LogP contribution >= 0.6 is 0 Å². The topological polar surface area (TPSA) is 55.9 Å². The minimum Gasteiger partial charge on any atom is -0.464 e. The van der Waals surface area contributed by atoms with Gasteiger partial charge in [-0.05, 0) is 13.8 Å². The minimum absolute atomic E-state index is 0.122. The molecule has 0 aromatic rings. The largest absolute Gasteiger partial charge is 0.464 e. The van der Waals surface area contributed by atoms with E-state index in [4.69, 9.17) is 4.74 Å². The van der Waals surface area contributed by atoms with Gasteiger partial charge < -0.3 is 9.47 Å². The zero-order valence-corrected chi connectivity index (χ0v) is 6.49. The summed E-state index contributed by atoms with van der Waals surface area (Å²) >= 11 is 0. The number of hydrogen-bond acceptors (Lipinski definition) is 4. The number of esters is 1. The average Bonchev–Trinajstić information content (AvgIpc) is 2.65. The molecule has 1 rings (SSSR count). The summed E-state index contributed by atoms with van der Waals surface area (Å²) in [6.07, 6.45) is -1.18. The maximum Gasteiger partial charge on any atom is 0.338 e. The van der Waals surface area contributed by atoms with Crippen molar-refractivity contribution >= 4 is 11.8 Å². The van der Waals surface area contributed by atoms with Gasteiger partial charge in [-0.2, -0.15) is 0 Å². The van der Waals surface area contributed by atoms with Crippen LogP contribution in [0.15, 0.2) is 0 Å². The molecule has 0 amide bonds. The Morgan fingerprint density at radius 1 is 1.45 bits per heavy atom. The van der Waals surface area contributed by atoms with E-state index in [0.717, 1.165) is 0 Å². The van der Waals surface area contributed by atoms with E-state index in [0.29, 0.717) is 6.61 Å². The van der Waals surface area contributed by atoms with Crippen LogP contribution < -0.4 is 0 Å². The molecule has 0 radical (unpaired) electrons. The van der Waals surface area contributed by atoms with E-state index in [9.17, 15) is 9.59 Å². The fourth-order valence-corrected chi connectivity index (χ4v) is 0.825. The molecule has 11 heavy (non-hydrogen) atoms. The monoisotopic (exact) mass is 158 g/mol. The maximum absolute atomic E-state index is 10.8. The van der Waals surface area contributed by atoms with Crippen LogP contribution in [-0.4, -0.2) is 30.6 Å². The van der Waals surface area contributed by atoms with Gasteiger partial charge in [-0.3, -0.25) is 4.79 Å². The van der Waals surface area contributed by atoms with E-state index in [1.807, 2.05) is 0 Å². The first kappa shape index (κ1) is 8.20. The van der Waals surface area contributed by atoms with Gasteiger partial charge in [0.05, 0.1) is 6.61 Å². The standard InChI is InChI=1S/C7H10O4/c1-3-10-7(9)6-5(11-6)4(2)8/h5-6H,3H2,1-2H3. The van der Waals surface area contributed by atoms with E-state index in [1.54, 1.807) is 6.92 Å². The number of epoxide rings is 1. The Morgan fingerprint density at radius 2 is 2.09 bits per heavy atom. The lowest BCUT2D eigenvalue weighted by Gasteiger charge is -1.94. The zero-order chi connectivity index (χ0) is 8.43. The van der Waals surface area contributed by atoms with Crippen molar-refractivity contribution in [2.75, 3.05) is 6.61 Å². The molecule has 1 fully saturated rings. The third-order valence-corrected chi connectivity index (χ3v) is 1.41. The van der Waals surface area contributed by atoms with Crippen LogP contribution in [0.25, 0.3) is 0 Å². The highest BCUT2D eigenvalue weighted by atomic mass is 16.6. The second kappa shape index (κ2) is 3.00. The minimum atomic E-state index is -0.632. The summed E-state index contributed by atoms with van der Waals surface area (Å²) in [5, 5.41) is 0. The Hall–Kier alpha value is -0.900. The third kappa shape index (κ3) is 1.77. The number of rotatable bonds is 3. The molecule has 1 aliphatic heterocycles. The molecular weight excluding hydrogens is 148 g/mol. The lowest BCUT2D eigenvalue weighted by molar-refractivity contribution is -0.144. The van der Waals surface area contributed by atoms with E-state index >= 15 is 0 Å². The molecule has 62 valence electrons. The Morgan fingerprint density at radius 3 is 2.45 bits per heavy atom. The van der Waals surface area contributed by atoms with Gasteiger partial charge in [0.1, 0.15) is 0 Å². The molecular formula is C7H10O4. The molecule has 4 heteroatoms. The number of Topliss-reactive ketones (excluding diaryl/α,β-unsaturated/α-hetero) is 1. The second-order valence-corrected chi connectivity index (χ2v) is 2.34. The highest BCUT2D eigenvalue weighted by Gasteiger charge is 2.49. The Kier molecular flexibility index (Phi) is 2.24. The van der Waals surface area contributed by atoms with Gasteiger partial charge in [0.2, 0.25) is 0 Å². The number of carbonyl (C=O) groups is 2. The van der Waals surface area contributed by atoms with Crippen molar-refractivity contribution in [1.82, 2.24) is 0 Å². The van der Waals surface area contributed by atoms with E-state index in [-0.39, 0.29) is 5.78 Å². The molecule has 0 saturated carbocycles. The molecule has 1 heterocycles. The Balaban J connectivity index is 2.32. The molecule has 0 aromatic carbocycles. The zero-order valence-electron chi connectivity index (χ0n) is 6.49. The van der Waals surface area contributed by atoms with Crippen molar-refractivity contribution in [1.29, 1.82) is 0 Å². The molecule has 1 aliphatic rings. The highest BCUT2D eigenvalue weighted by Crippen LogP contribution is 2.23. The van der Waals surface area contributed by atoms with Crippen LogP contribution in [-0.2, 0) is 19.1 Å². The second-order valence-electron chi connectivity index (χ2n) is 2.34. The summed E-state index contributed by atoms with van der Waals surface area (Å²) in [6.45, 7) is 3.43. The van der Waals surface area contributed by atoms with Crippen molar-refractivity contribution in [3.05, 3.63) is 0 Å². The number of ketones is 1. The first-order chi connectivity index (χ1) is 5.16. The van der Waals surface area contributed by atoms with Gasteiger partial charge in [-0.1, -0.05) is 0 Å². The normalized spacial score (nSPS) is 27.8. The molecule has 4 nitrogen and oxygen atoms in total. The van der Waals surface area contributed by atoms with Crippen LogP contribution in [0.4, 0.5) is 0 Å². The van der Waals surface area contributed by atoms with Crippen LogP contribution in [0.5, 0.6) is 0 Å². The fraction of sp³-hybridized carbons (Fsp3) is 0.714. The van der Waals surface area contributed by atoms with Crippen LogP contribution in [0, 0.1) is 0 Å².